The maximum atomic E-state index is 5.49. The summed E-state index contributed by atoms with van der Waals surface area (Å²) in [5.74, 6) is 1.48. The zero-order valence-corrected chi connectivity index (χ0v) is 13.6. The highest BCUT2D eigenvalue weighted by molar-refractivity contribution is 5.27. The van der Waals surface area contributed by atoms with E-state index in [9.17, 15) is 0 Å². The van der Waals surface area contributed by atoms with Gasteiger partial charge < -0.3 is 19.5 Å². The first-order valence-corrected chi connectivity index (χ1v) is 7.70. The van der Waals surface area contributed by atoms with Crippen LogP contribution in [0.15, 0.2) is 24.3 Å². The highest BCUT2D eigenvalue weighted by atomic mass is 16.5. The molecule has 1 N–H and O–H groups in total. The Morgan fingerprint density at radius 3 is 2.48 bits per heavy atom. The SMILES string of the molecule is CCOCCC(CNCCOC)Cc1ccc(OC)cc1. The van der Waals surface area contributed by atoms with Gasteiger partial charge in [-0.1, -0.05) is 12.1 Å². The Kier molecular flexibility index (Phi) is 9.87. The van der Waals surface area contributed by atoms with Crippen LogP contribution in [0, 0.1) is 5.92 Å². The van der Waals surface area contributed by atoms with Crippen LogP contribution >= 0.6 is 0 Å². The molecule has 1 aromatic rings. The van der Waals surface area contributed by atoms with E-state index in [0.29, 0.717) is 5.92 Å². The van der Waals surface area contributed by atoms with Gasteiger partial charge in [-0.3, -0.25) is 0 Å². The minimum Gasteiger partial charge on any atom is -0.497 e. The zero-order chi connectivity index (χ0) is 15.3. The molecule has 1 atom stereocenters. The zero-order valence-electron chi connectivity index (χ0n) is 13.6. The first kappa shape index (κ1) is 18.0. The van der Waals surface area contributed by atoms with Gasteiger partial charge in [-0.2, -0.15) is 0 Å². The highest BCUT2D eigenvalue weighted by Gasteiger charge is 2.10. The third-order valence-electron chi connectivity index (χ3n) is 3.47. The molecule has 4 nitrogen and oxygen atoms in total. The summed E-state index contributed by atoms with van der Waals surface area (Å²) in [5.41, 5.74) is 1.34. The van der Waals surface area contributed by atoms with Gasteiger partial charge in [0.25, 0.3) is 0 Å². The molecule has 0 bridgehead atoms. The van der Waals surface area contributed by atoms with Crippen molar-refractivity contribution in [2.45, 2.75) is 19.8 Å². The van der Waals surface area contributed by atoms with E-state index in [1.807, 2.05) is 19.1 Å². The topological polar surface area (TPSA) is 39.7 Å². The Morgan fingerprint density at radius 1 is 1.10 bits per heavy atom. The largest absolute Gasteiger partial charge is 0.497 e. The number of ether oxygens (including phenoxy) is 3. The van der Waals surface area contributed by atoms with Gasteiger partial charge in [-0.05, 0) is 49.9 Å². The molecular weight excluding hydrogens is 266 g/mol. The monoisotopic (exact) mass is 295 g/mol. The minimum atomic E-state index is 0.571. The number of nitrogens with one attached hydrogen (secondary N) is 1. The number of rotatable bonds is 12. The molecule has 0 spiro atoms. The Labute approximate surface area is 128 Å². The number of hydrogen-bond donors (Lipinski definition) is 1. The van der Waals surface area contributed by atoms with Crippen LogP contribution in [-0.4, -0.2) is 47.1 Å². The molecule has 120 valence electrons. The van der Waals surface area contributed by atoms with E-state index in [4.69, 9.17) is 14.2 Å². The third-order valence-corrected chi connectivity index (χ3v) is 3.47. The fraction of sp³-hybridized carbons (Fsp3) is 0.647. The second kappa shape index (κ2) is 11.5. The lowest BCUT2D eigenvalue weighted by Gasteiger charge is -2.18. The maximum Gasteiger partial charge on any atom is 0.118 e. The van der Waals surface area contributed by atoms with Crippen LogP contribution in [0.2, 0.25) is 0 Å². The molecule has 0 heterocycles. The molecule has 0 aliphatic rings. The van der Waals surface area contributed by atoms with Crippen molar-refractivity contribution in [3.63, 3.8) is 0 Å². The van der Waals surface area contributed by atoms with Crippen molar-refractivity contribution in [3.8, 4) is 5.75 Å². The lowest BCUT2D eigenvalue weighted by atomic mass is 9.96. The second-order valence-corrected chi connectivity index (χ2v) is 5.10. The molecule has 21 heavy (non-hydrogen) atoms. The number of benzene rings is 1. The Morgan fingerprint density at radius 2 is 1.86 bits per heavy atom. The molecule has 0 amide bonds. The molecular formula is C17H29NO3. The van der Waals surface area contributed by atoms with Gasteiger partial charge in [-0.15, -0.1) is 0 Å². The van der Waals surface area contributed by atoms with Crippen LogP contribution < -0.4 is 10.1 Å². The van der Waals surface area contributed by atoms with Crippen molar-refractivity contribution < 1.29 is 14.2 Å². The van der Waals surface area contributed by atoms with E-state index in [0.717, 1.165) is 51.5 Å². The summed E-state index contributed by atoms with van der Waals surface area (Å²) in [5, 5.41) is 3.45. The number of hydrogen-bond acceptors (Lipinski definition) is 4. The Bertz CT molecular complexity index is 354. The van der Waals surface area contributed by atoms with Crippen molar-refractivity contribution in [1.29, 1.82) is 0 Å². The predicted octanol–water partition coefficient (Wildman–Crippen LogP) is 2.52. The van der Waals surface area contributed by atoms with Crippen LogP contribution in [0.4, 0.5) is 0 Å². The van der Waals surface area contributed by atoms with Gasteiger partial charge in [0.05, 0.1) is 13.7 Å². The summed E-state index contributed by atoms with van der Waals surface area (Å²) in [6, 6.07) is 8.32. The molecule has 4 heteroatoms. The smallest absolute Gasteiger partial charge is 0.118 e. The van der Waals surface area contributed by atoms with E-state index in [1.165, 1.54) is 5.56 Å². The van der Waals surface area contributed by atoms with Gasteiger partial charge >= 0.3 is 0 Å². The molecule has 0 saturated heterocycles. The van der Waals surface area contributed by atoms with Crippen LogP contribution in [-0.2, 0) is 15.9 Å². The molecule has 1 aromatic carbocycles. The Hall–Kier alpha value is -1.10. The first-order chi connectivity index (χ1) is 10.3. The summed E-state index contributed by atoms with van der Waals surface area (Å²) in [4.78, 5) is 0. The lowest BCUT2D eigenvalue weighted by Crippen LogP contribution is -2.28. The first-order valence-electron chi connectivity index (χ1n) is 7.70. The van der Waals surface area contributed by atoms with E-state index in [2.05, 4.69) is 17.4 Å². The fourth-order valence-corrected chi connectivity index (χ4v) is 2.25. The molecule has 0 aromatic heterocycles. The molecule has 1 unspecified atom stereocenters. The summed E-state index contributed by atoms with van der Waals surface area (Å²) < 4.78 is 15.8. The van der Waals surface area contributed by atoms with Crippen molar-refractivity contribution >= 4 is 0 Å². The van der Waals surface area contributed by atoms with Crippen molar-refractivity contribution in [2.24, 2.45) is 5.92 Å². The summed E-state index contributed by atoms with van der Waals surface area (Å²) >= 11 is 0. The normalized spacial score (nSPS) is 12.3. The number of methoxy groups -OCH3 is 2. The standard InChI is InChI=1S/C17H29NO3/c1-4-21-11-9-16(14-18-10-12-19-2)13-15-5-7-17(20-3)8-6-15/h5-8,16,18H,4,9-14H2,1-3H3. The Balaban J connectivity index is 2.44. The molecule has 0 saturated carbocycles. The molecule has 0 aliphatic carbocycles. The highest BCUT2D eigenvalue weighted by Crippen LogP contribution is 2.16. The second-order valence-electron chi connectivity index (χ2n) is 5.10. The van der Waals surface area contributed by atoms with Gasteiger partial charge in [0.15, 0.2) is 0 Å². The average Bonchev–Trinajstić information content (AvgIpc) is 2.52. The maximum absolute atomic E-state index is 5.49. The van der Waals surface area contributed by atoms with Gasteiger partial charge in [0.1, 0.15) is 5.75 Å². The quantitative estimate of drug-likeness (QED) is 0.602. The van der Waals surface area contributed by atoms with Crippen molar-refractivity contribution in [2.75, 3.05) is 47.1 Å². The van der Waals surface area contributed by atoms with Gasteiger partial charge in [-0.25, -0.2) is 0 Å². The summed E-state index contributed by atoms with van der Waals surface area (Å²) in [6.07, 6.45) is 2.12. The molecule has 0 radical (unpaired) electrons. The average molecular weight is 295 g/mol. The van der Waals surface area contributed by atoms with Crippen molar-refractivity contribution in [1.82, 2.24) is 5.32 Å². The lowest BCUT2D eigenvalue weighted by molar-refractivity contribution is 0.130. The third kappa shape index (κ3) is 8.05. The van der Waals surface area contributed by atoms with Crippen molar-refractivity contribution in [3.05, 3.63) is 29.8 Å². The summed E-state index contributed by atoms with van der Waals surface area (Å²) in [6.45, 7) is 6.28. The van der Waals surface area contributed by atoms with Crippen LogP contribution in [0.1, 0.15) is 18.9 Å². The fourth-order valence-electron chi connectivity index (χ4n) is 2.25. The molecule has 1 rings (SSSR count). The van der Waals surface area contributed by atoms with Crippen LogP contribution in [0.25, 0.3) is 0 Å². The molecule has 0 aliphatic heterocycles. The predicted molar refractivity (Wildman–Crippen MR) is 86.0 cm³/mol. The van der Waals surface area contributed by atoms with E-state index in [-0.39, 0.29) is 0 Å². The molecule has 0 fully saturated rings. The van der Waals surface area contributed by atoms with Crippen LogP contribution in [0.3, 0.4) is 0 Å². The van der Waals surface area contributed by atoms with E-state index < -0.39 is 0 Å². The van der Waals surface area contributed by atoms with Crippen LogP contribution in [0.5, 0.6) is 5.75 Å². The van der Waals surface area contributed by atoms with Gasteiger partial charge in [0.2, 0.25) is 0 Å². The minimum absolute atomic E-state index is 0.571. The van der Waals surface area contributed by atoms with E-state index in [1.54, 1.807) is 14.2 Å². The van der Waals surface area contributed by atoms with Gasteiger partial charge in [0, 0.05) is 26.9 Å². The van der Waals surface area contributed by atoms with E-state index >= 15 is 0 Å². The summed E-state index contributed by atoms with van der Waals surface area (Å²) in [7, 11) is 3.42.